The number of aliphatic hydroxyl groups is 1. The van der Waals surface area contributed by atoms with Crippen LogP contribution in [0.25, 0.3) is 5.69 Å². The fraction of sp³-hybridized carbons (Fsp3) is 0.375. The maximum absolute atomic E-state index is 13.3. The molecule has 118 valence electrons. The van der Waals surface area contributed by atoms with Gasteiger partial charge in [-0.05, 0) is 31.0 Å². The minimum Gasteiger partial charge on any atom is -0.392 e. The van der Waals surface area contributed by atoms with Gasteiger partial charge in [0.15, 0.2) is 5.82 Å². The summed E-state index contributed by atoms with van der Waals surface area (Å²) in [6, 6.07) is 7.76. The minimum atomic E-state index is -0.689. The van der Waals surface area contributed by atoms with Gasteiger partial charge in [-0.2, -0.15) is 0 Å². The molecule has 0 spiro atoms. The zero-order valence-electron chi connectivity index (χ0n) is 12.9. The third-order valence-corrected chi connectivity index (χ3v) is 3.37. The average molecular weight is 305 g/mol. The molecule has 1 amide bonds. The van der Waals surface area contributed by atoms with Crippen LogP contribution < -0.4 is 5.32 Å². The van der Waals surface area contributed by atoms with Gasteiger partial charge >= 0.3 is 0 Å². The predicted molar refractivity (Wildman–Crippen MR) is 82.4 cm³/mol. The van der Waals surface area contributed by atoms with Crippen LogP contribution in [-0.2, 0) is 4.79 Å². The Morgan fingerprint density at radius 1 is 1.41 bits per heavy atom. The van der Waals surface area contributed by atoms with E-state index in [1.165, 1.54) is 12.1 Å². The Balaban J connectivity index is 2.12. The fourth-order valence-electron chi connectivity index (χ4n) is 2.02. The first kappa shape index (κ1) is 16.2. The van der Waals surface area contributed by atoms with Crippen LogP contribution in [0.2, 0.25) is 0 Å². The van der Waals surface area contributed by atoms with Crippen molar-refractivity contribution < 1.29 is 14.3 Å². The van der Waals surface area contributed by atoms with Crippen LogP contribution >= 0.6 is 0 Å². The molecule has 5 nitrogen and oxygen atoms in total. The lowest BCUT2D eigenvalue weighted by atomic mass is 10.0. The summed E-state index contributed by atoms with van der Waals surface area (Å²) in [5.74, 6) is -0.261. The quantitative estimate of drug-likeness (QED) is 0.892. The lowest BCUT2D eigenvalue weighted by Gasteiger charge is -2.13. The van der Waals surface area contributed by atoms with Crippen LogP contribution in [0.3, 0.4) is 0 Å². The van der Waals surface area contributed by atoms with Crippen molar-refractivity contribution in [3.05, 3.63) is 41.8 Å². The number of hydrogen-bond donors (Lipinski definition) is 2. The Bertz CT molecular complexity index is 667. The third kappa shape index (κ3) is 3.92. The summed E-state index contributed by atoms with van der Waals surface area (Å²) >= 11 is 0. The summed E-state index contributed by atoms with van der Waals surface area (Å²) in [5, 5.41) is 16.6. The van der Waals surface area contributed by atoms with E-state index in [0.29, 0.717) is 11.5 Å². The zero-order valence-corrected chi connectivity index (χ0v) is 12.9. The van der Waals surface area contributed by atoms with Gasteiger partial charge in [-0.15, -0.1) is 5.10 Å². The molecular formula is C16H20FN3O2. The Hall–Kier alpha value is -2.21. The van der Waals surface area contributed by atoms with Gasteiger partial charge in [-0.1, -0.05) is 19.9 Å². The molecule has 2 aromatic rings. The molecular weight excluding hydrogens is 285 g/mol. The topological polar surface area (TPSA) is 67.2 Å². The van der Waals surface area contributed by atoms with Gasteiger partial charge in [0.25, 0.3) is 0 Å². The van der Waals surface area contributed by atoms with E-state index in [2.05, 4.69) is 10.4 Å². The van der Waals surface area contributed by atoms with Crippen LogP contribution in [0, 0.1) is 18.7 Å². The molecule has 0 aliphatic rings. The first-order valence-corrected chi connectivity index (χ1v) is 7.17. The number of nitrogens with one attached hydrogen (secondary N) is 1. The normalized spacial score (nSPS) is 12.5. The van der Waals surface area contributed by atoms with Gasteiger partial charge in [0.1, 0.15) is 5.82 Å². The monoisotopic (exact) mass is 305 g/mol. The van der Waals surface area contributed by atoms with Crippen molar-refractivity contribution in [3.63, 3.8) is 0 Å². The molecule has 1 unspecified atom stereocenters. The average Bonchev–Trinajstić information content (AvgIpc) is 2.79. The van der Waals surface area contributed by atoms with Crippen molar-refractivity contribution >= 4 is 11.7 Å². The molecule has 2 N–H and O–H groups in total. The summed E-state index contributed by atoms with van der Waals surface area (Å²) in [5.41, 5.74) is 1.35. The van der Waals surface area contributed by atoms with Gasteiger partial charge in [0, 0.05) is 11.8 Å². The molecule has 22 heavy (non-hydrogen) atoms. The van der Waals surface area contributed by atoms with Crippen molar-refractivity contribution in [1.29, 1.82) is 0 Å². The molecule has 1 aromatic heterocycles. The highest BCUT2D eigenvalue weighted by Crippen LogP contribution is 2.16. The number of benzene rings is 1. The zero-order chi connectivity index (χ0) is 16.3. The third-order valence-electron chi connectivity index (χ3n) is 3.37. The molecule has 0 bridgehead atoms. The van der Waals surface area contributed by atoms with Crippen molar-refractivity contribution in [2.45, 2.75) is 33.3 Å². The van der Waals surface area contributed by atoms with Crippen LogP contribution in [-0.4, -0.2) is 26.9 Å². The van der Waals surface area contributed by atoms with E-state index in [0.717, 1.165) is 5.69 Å². The smallest absolute Gasteiger partial charge is 0.228 e. The second kappa shape index (κ2) is 6.70. The summed E-state index contributed by atoms with van der Waals surface area (Å²) in [7, 11) is 0. The van der Waals surface area contributed by atoms with Gasteiger partial charge in [-0.25, -0.2) is 9.07 Å². The Morgan fingerprint density at radius 2 is 2.14 bits per heavy atom. The van der Waals surface area contributed by atoms with E-state index < -0.39 is 6.10 Å². The van der Waals surface area contributed by atoms with Crippen LogP contribution in [0.4, 0.5) is 10.2 Å². The number of aromatic nitrogens is 2. The molecule has 0 saturated heterocycles. The first-order chi connectivity index (χ1) is 10.4. The molecule has 1 aromatic carbocycles. The molecule has 0 aliphatic heterocycles. The van der Waals surface area contributed by atoms with E-state index in [4.69, 9.17) is 0 Å². The number of nitrogens with zero attached hydrogens (tertiary/aromatic N) is 2. The molecule has 0 radical (unpaired) electrons. The largest absolute Gasteiger partial charge is 0.392 e. The summed E-state index contributed by atoms with van der Waals surface area (Å²) in [4.78, 5) is 11.9. The van der Waals surface area contributed by atoms with E-state index in [1.54, 1.807) is 22.9 Å². The second-order valence-electron chi connectivity index (χ2n) is 5.63. The van der Waals surface area contributed by atoms with Crippen LogP contribution in [0.15, 0.2) is 30.3 Å². The highest BCUT2D eigenvalue weighted by molar-refractivity contribution is 5.90. The van der Waals surface area contributed by atoms with Crippen molar-refractivity contribution in [2.75, 3.05) is 5.32 Å². The first-order valence-electron chi connectivity index (χ1n) is 7.17. The molecule has 1 heterocycles. The van der Waals surface area contributed by atoms with E-state index in [1.807, 2.05) is 20.8 Å². The van der Waals surface area contributed by atoms with Crippen molar-refractivity contribution in [3.8, 4) is 5.69 Å². The SMILES string of the molecule is Cc1cc(NC(=O)CC(O)C(C)C)nn1-c1cccc(F)c1. The molecule has 0 saturated carbocycles. The molecule has 2 rings (SSSR count). The van der Waals surface area contributed by atoms with Crippen LogP contribution in [0.1, 0.15) is 26.0 Å². The number of aryl methyl sites for hydroxylation is 1. The number of halogens is 1. The number of rotatable bonds is 5. The minimum absolute atomic E-state index is 0.0114. The number of hydrogen-bond acceptors (Lipinski definition) is 3. The van der Waals surface area contributed by atoms with Gasteiger partial charge in [0.2, 0.25) is 5.91 Å². The Kier molecular flexibility index (Phi) is 4.92. The number of carbonyl (C=O) groups excluding carboxylic acids is 1. The number of carbonyl (C=O) groups is 1. The maximum atomic E-state index is 13.3. The number of aliphatic hydroxyl groups excluding tert-OH is 1. The Labute approximate surface area is 128 Å². The predicted octanol–water partition coefficient (Wildman–Crippen LogP) is 2.67. The Morgan fingerprint density at radius 3 is 2.77 bits per heavy atom. The van der Waals surface area contributed by atoms with Gasteiger partial charge < -0.3 is 10.4 Å². The van der Waals surface area contributed by atoms with E-state index in [9.17, 15) is 14.3 Å². The lowest BCUT2D eigenvalue weighted by Crippen LogP contribution is -2.23. The van der Waals surface area contributed by atoms with Crippen molar-refractivity contribution in [2.24, 2.45) is 5.92 Å². The summed E-state index contributed by atoms with van der Waals surface area (Å²) in [6.07, 6.45) is -0.671. The van der Waals surface area contributed by atoms with Gasteiger partial charge in [-0.3, -0.25) is 4.79 Å². The molecule has 6 heteroatoms. The molecule has 1 atom stereocenters. The standard InChI is InChI=1S/C16H20FN3O2/c1-10(2)14(21)9-16(22)18-15-7-11(3)20(19-15)13-6-4-5-12(17)8-13/h4-8,10,14,21H,9H2,1-3H3,(H,18,19,22). The van der Waals surface area contributed by atoms with E-state index >= 15 is 0 Å². The van der Waals surface area contributed by atoms with Crippen molar-refractivity contribution in [1.82, 2.24) is 9.78 Å². The van der Waals surface area contributed by atoms with E-state index in [-0.39, 0.29) is 24.1 Å². The van der Waals surface area contributed by atoms with Crippen LogP contribution in [0.5, 0.6) is 0 Å². The highest BCUT2D eigenvalue weighted by Gasteiger charge is 2.16. The second-order valence-corrected chi connectivity index (χ2v) is 5.63. The van der Waals surface area contributed by atoms with Gasteiger partial charge in [0.05, 0.1) is 18.2 Å². The maximum Gasteiger partial charge on any atom is 0.228 e. The molecule has 0 aliphatic carbocycles. The number of amides is 1. The number of anilines is 1. The molecule has 0 fully saturated rings. The summed E-state index contributed by atoms with van der Waals surface area (Å²) in [6.45, 7) is 5.51. The highest BCUT2D eigenvalue weighted by atomic mass is 19.1. The summed E-state index contributed by atoms with van der Waals surface area (Å²) < 4.78 is 14.8. The lowest BCUT2D eigenvalue weighted by molar-refractivity contribution is -0.118. The fourth-order valence-corrected chi connectivity index (χ4v) is 2.02.